The smallest absolute Gasteiger partial charge is 0.410 e. The molecule has 0 spiro atoms. The number of pyridine rings is 1. The second-order valence-corrected chi connectivity index (χ2v) is 7.71. The monoisotopic (exact) mass is 379 g/mol. The molecule has 0 aliphatic carbocycles. The number of nitrogens with zero attached hydrogens (tertiary/aromatic N) is 3. The lowest BCUT2D eigenvalue weighted by Crippen LogP contribution is -2.33. The van der Waals surface area contributed by atoms with E-state index in [0.717, 1.165) is 43.9 Å². The highest BCUT2D eigenvalue weighted by Gasteiger charge is 2.33. The van der Waals surface area contributed by atoms with Gasteiger partial charge in [0, 0.05) is 31.4 Å². The fourth-order valence-electron chi connectivity index (χ4n) is 4.33. The summed E-state index contributed by atoms with van der Waals surface area (Å²) in [6.07, 6.45) is 8.62. The van der Waals surface area contributed by atoms with E-state index in [0.29, 0.717) is 6.61 Å². The molecule has 1 amide bonds. The molecule has 0 bridgehead atoms. The first-order chi connectivity index (χ1) is 13.8. The quantitative estimate of drug-likeness (QED) is 0.755. The lowest BCUT2D eigenvalue weighted by atomic mass is 10.0. The molecule has 0 radical (unpaired) electrons. The van der Waals surface area contributed by atoms with Crippen molar-refractivity contribution in [2.45, 2.75) is 51.2 Å². The van der Waals surface area contributed by atoms with Gasteiger partial charge < -0.3 is 14.5 Å². The summed E-state index contributed by atoms with van der Waals surface area (Å²) < 4.78 is 5.62. The van der Waals surface area contributed by atoms with Gasteiger partial charge in [-0.25, -0.2) is 9.78 Å². The molecular weight excluding hydrogens is 350 g/mol. The number of hydrogen-bond donors (Lipinski definition) is 0. The average molecular weight is 380 g/mol. The number of hydrogen-bond acceptors (Lipinski definition) is 4. The van der Waals surface area contributed by atoms with Crippen LogP contribution < -0.4 is 4.90 Å². The second kappa shape index (κ2) is 9.09. The highest BCUT2D eigenvalue weighted by molar-refractivity contribution is 5.69. The van der Waals surface area contributed by atoms with Gasteiger partial charge in [-0.15, -0.1) is 0 Å². The van der Waals surface area contributed by atoms with Crippen molar-refractivity contribution in [2.75, 3.05) is 24.5 Å². The third kappa shape index (κ3) is 4.29. The Bertz CT molecular complexity index is 772. The van der Waals surface area contributed by atoms with Gasteiger partial charge in [-0.3, -0.25) is 0 Å². The Morgan fingerprint density at radius 2 is 1.75 bits per heavy atom. The number of rotatable bonds is 4. The first-order valence-corrected chi connectivity index (χ1v) is 10.5. The van der Waals surface area contributed by atoms with Crippen LogP contribution in [0.2, 0.25) is 0 Å². The van der Waals surface area contributed by atoms with E-state index in [1.165, 1.54) is 31.2 Å². The summed E-state index contributed by atoms with van der Waals surface area (Å²) in [5, 5.41) is 0. The summed E-state index contributed by atoms with van der Waals surface area (Å²) in [6.45, 7) is 3.16. The first-order valence-electron chi connectivity index (χ1n) is 10.5. The van der Waals surface area contributed by atoms with Crippen molar-refractivity contribution in [1.82, 2.24) is 9.88 Å². The molecule has 1 atom stereocenters. The Labute approximate surface area is 167 Å². The molecule has 4 rings (SSSR count). The van der Waals surface area contributed by atoms with Crippen LogP contribution in [0, 0.1) is 0 Å². The number of carbonyl (C=O) groups excluding carboxylic acids is 1. The van der Waals surface area contributed by atoms with Crippen LogP contribution in [0.25, 0.3) is 0 Å². The number of aromatic nitrogens is 1. The zero-order valence-electron chi connectivity index (χ0n) is 16.4. The fraction of sp³-hybridized carbons (Fsp3) is 0.478. The van der Waals surface area contributed by atoms with Gasteiger partial charge in [-0.05, 0) is 37.3 Å². The molecule has 28 heavy (non-hydrogen) atoms. The molecule has 3 heterocycles. The van der Waals surface area contributed by atoms with Crippen LogP contribution in [0.15, 0.2) is 48.7 Å². The van der Waals surface area contributed by atoms with Gasteiger partial charge >= 0.3 is 6.09 Å². The number of benzene rings is 1. The van der Waals surface area contributed by atoms with E-state index in [4.69, 9.17) is 9.72 Å². The highest BCUT2D eigenvalue weighted by atomic mass is 16.6. The van der Waals surface area contributed by atoms with Crippen LogP contribution in [-0.2, 0) is 11.3 Å². The van der Waals surface area contributed by atoms with E-state index >= 15 is 0 Å². The van der Waals surface area contributed by atoms with Crippen molar-refractivity contribution in [3.05, 3.63) is 59.8 Å². The number of anilines is 1. The fourth-order valence-corrected chi connectivity index (χ4v) is 4.33. The molecule has 0 unspecified atom stereocenters. The van der Waals surface area contributed by atoms with E-state index in [1.807, 2.05) is 47.5 Å². The maximum atomic E-state index is 12.8. The third-order valence-electron chi connectivity index (χ3n) is 5.77. The minimum absolute atomic E-state index is 0.0511. The molecule has 2 aromatic rings. The van der Waals surface area contributed by atoms with Crippen molar-refractivity contribution in [2.24, 2.45) is 0 Å². The molecular formula is C23H29N3O2. The Kier molecular flexibility index (Phi) is 6.10. The normalized spacial score (nSPS) is 20.1. The summed E-state index contributed by atoms with van der Waals surface area (Å²) in [4.78, 5) is 21.8. The molecule has 5 heteroatoms. The van der Waals surface area contributed by atoms with Crippen molar-refractivity contribution in [3.8, 4) is 0 Å². The maximum Gasteiger partial charge on any atom is 0.410 e. The molecule has 148 valence electrons. The Morgan fingerprint density at radius 3 is 2.54 bits per heavy atom. The Balaban J connectivity index is 1.49. The molecule has 0 N–H and O–H groups in total. The van der Waals surface area contributed by atoms with Gasteiger partial charge in [0.05, 0.1) is 6.04 Å². The van der Waals surface area contributed by atoms with Crippen LogP contribution in [0.3, 0.4) is 0 Å². The predicted octanol–water partition coefficient (Wildman–Crippen LogP) is 4.94. The molecule has 5 nitrogen and oxygen atoms in total. The topological polar surface area (TPSA) is 45.7 Å². The maximum absolute atomic E-state index is 12.8. The van der Waals surface area contributed by atoms with E-state index in [2.05, 4.69) is 11.0 Å². The summed E-state index contributed by atoms with van der Waals surface area (Å²) in [5.74, 6) is 1.05. The molecule has 1 aromatic heterocycles. The predicted molar refractivity (Wildman–Crippen MR) is 110 cm³/mol. The van der Waals surface area contributed by atoms with Crippen molar-refractivity contribution in [1.29, 1.82) is 0 Å². The molecule has 0 saturated carbocycles. The van der Waals surface area contributed by atoms with Crippen LogP contribution >= 0.6 is 0 Å². The average Bonchev–Trinajstić information content (AvgIpc) is 3.08. The van der Waals surface area contributed by atoms with Crippen molar-refractivity contribution >= 4 is 11.9 Å². The van der Waals surface area contributed by atoms with Gasteiger partial charge in [0.25, 0.3) is 0 Å². The van der Waals surface area contributed by atoms with Crippen molar-refractivity contribution < 1.29 is 9.53 Å². The zero-order valence-corrected chi connectivity index (χ0v) is 16.4. The highest BCUT2D eigenvalue weighted by Crippen LogP contribution is 2.37. The lowest BCUT2D eigenvalue weighted by molar-refractivity contribution is 0.0921. The van der Waals surface area contributed by atoms with Gasteiger partial charge in [0.2, 0.25) is 0 Å². The summed E-state index contributed by atoms with van der Waals surface area (Å²) >= 11 is 0. The molecule has 1 aromatic carbocycles. The van der Waals surface area contributed by atoms with Crippen LogP contribution in [0.5, 0.6) is 0 Å². The van der Waals surface area contributed by atoms with Gasteiger partial charge in [0.1, 0.15) is 12.4 Å². The summed E-state index contributed by atoms with van der Waals surface area (Å²) in [5.41, 5.74) is 2.18. The molecule has 2 fully saturated rings. The van der Waals surface area contributed by atoms with Crippen LogP contribution in [0.1, 0.15) is 55.7 Å². The van der Waals surface area contributed by atoms with Gasteiger partial charge in [-0.1, -0.05) is 49.2 Å². The molecule has 2 saturated heterocycles. The second-order valence-electron chi connectivity index (χ2n) is 7.71. The number of amides is 1. The van der Waals surface area contributed by atoms with Crippen LogP contribution in [0.4, 0.5) is 10.6 Å². The summed E-state index contributed by atoms with van der Waals surface area (Å²) in [7, 11) is 0. The SMILES string of the molecule is O=C(OCc1ccccc1)N1CCC[C@H]1c1cccnc1N1CCCCCC1. The Hall–Kier alpha value is -2.56. The number of carbonyl (C=O) groups is 1. The summed E-state index contributed by atoms with van der Waals surface area (Å²) in [6, 6.07) is 14.0. The van der Waals surface area contributed by atoms with E-state index < -0.39 is 0 Å². The van der Waals surface area contributed by atoms with E-state index in [-0.39, 0.29) is 12.1 Å². The van der Waals surface area contributed by atoms with E-state index in [9.17, 15) is 4.79 Å². The Morgan fingerprint density at radius 1 is 0.964 bits per heavy atom. The lowest BCUT2D eigenvalue weighted by Gasteiger charge is -2.30. The number of likely N-dealkylation sites (tertiary alicyclic amines) is 1. The number of ether oxygens (including phenoxy) is 1. The largest absolute Gasteiger partial charge is 0.445 e. The van der Waals surface area contributed by atoms with E-state index in [1.54, 1.807) is 0 Å². The van der Waals surface area contributed by atoms with Crippen molar-refractivity contribution in [3.63, 3.8) is 0 Å². The molecule has 2 aliphatic rings. The molecule has 2 aliphatic heterocycles. The first kappa shape index (κ1) is 18.8. The van der Waals surface area contributed by atoms with Crippen LogP contribution in [-0.4, -0.2) is 35.6 Å². The third-order valence-corrected chi connectivity index (χ3v) is 5.77. The minimum atomic E-state index is -0.225. The van der Waals surface area contributed by atoms with Gasteiger partial charge in [0.15, 0.2) is 0 Å². The standard InChI is InChI=1S/C23H29N3O2/c27-23(28-18-19-10-4-3-5-11-19)26-17-9-13-21(26)20-12-8-14-24-22(20)25-15-6-1-2-7-16-25/h3-5,8,10-12,14,21H,1-2,6-7,9,13,15-18H2/t21-/m0/s1. The zero-order chi connectivity index (χ0) is 19.2. The minimum Gasteiger partial charge on any atom is -0.445 e. The van der Waals surface area contributed by atoms with Gasteiger partial charge in [-0.2, -0.15) is 0 Å².